The zero-order valence-corrected chi connectivity index (χ0v) is 13.1. The monoisotopic (exact) mass is 320 g/mol. The van der Waals surface area contributed by atoms with Crippen molar-refractivity contribution in [2.24, 2.45) is 0 Å². The lowest BCUT2D eigenvalue weighted by Crippen LogP contribution is -2.48. The number of benzene rings is 1. The summed E-state index contributed by atoms with van der Waals surface area (Å²) >= 11 is 7.85. The largest absolute Gasteiger partial charge is 0.397 e. The molecule has 0 saturated carbocycles. The van der Waals surface area contributed by atoms with Crippen LogP contribution in [0.5, 0.6) is 0 Å². The molecule has 1 heterocycles. The molecule has 1 atom stereocenters. The van der Waals surface area contributed by atoms with Crippen molar-refractivity contribution < 1.29 is 8.42 Å². The predicted octanol–water partition coefficient (Wildman–Crippen LogP) is 2.24. The molecule has 0 radical (unpaired) electrons. The van der Waals surface area contributed by atoms with Gasteiger partial charge in [-0.15, -0.1) is 0 Å². The average molecular weight is 321 g/mol. The quantitative estimate of drug-likeness (QED) is 0.865. The molecule has 0 aromatic heterocycles. The van der Waals surface area contributed by atoms with Crippen molar-refractivity contribution in [3.63, 3.8) is 0 Å². The maximum Gasteiger partial charge on any atom is 0.171 e. The number of anilines is 2. The van der Waals surface area contributed by atoms with Gasteiger partial charge in [0, 0.05) is 23.8 Å². The number of nitrogen functional groups attached to an aromatic ring is 1. The zero-order chi connectivity index (χ0) is 14.0. The van der Waals surface area contributed by atoms with E-state index in [0.29, 0.717) is 28.7 Å². The summed E-state index contributed by atoms with van der Waals surface area (Å²) in [6.45, 7) is 2.31. The third-order valence-electron chi connectivity index (χ3n) is 3.21. The standard InChI is InChI=1S/C12H17ClN2O2S2/c1-2-19(16,17)11-8-18-7-6-15(11)12-9(13)4-3-5-10(12)14/h3-5,11H,2,6-8,14H2,1H3. The van der Waals surface area contributed by atoms with Crippen molar-refractivity contribution >= 4 is 44.6 Å². The smallest absolute Gasteiger partial charge is 0.171 e. The van der Waals surface area contributed by atoms with E-state index in [0.717, 1.165) is 5.75 Å². The highest BCUT2D eigenvalue weighted by Gasteiger charge is 2.34. The van der Waals surface area contributed by atoms with Gasteiger partial charge in [-0.3, -0.25) is 0 Å². The molecule has 1 unspecified atom stereocenters. The first-order valence-corrected chi connectivity index (χ1v) is 9.32. The molecule has 106 valence electrons. The van der Waals surface area contributed by atoms with E-state index in [1.165, 1.54) is 0 Å². The number of hydrogen-bond acceptors (Lipinski definition) is 5. The van der Waals surface area contributed by atoms with Crippen molar-refractivity contribution in [3.8, 4) is 0 Å². The Morgan fingerprint density at radius 2 is 2.26 bits per heavy atom. The average Bonchev–Trinajstić information content (AvgIpc) is 2.39. The molecule has 2 rings (SSSR count). The first-order valence-electron chi connectivity index (χ1n) is 6.07. The van der Waals surface area contributed by atoms with E-state index >= 15 is 0 Å². The lowest BCUT2D eigenvalue weighted by molar-refractivity contribution is 0.580. The van der Waals surface area contributed by atoms with Gasteiger partial charge < -0.3 is 10.6 Å². The Morgan fingerprint density at radius 1 is 1.53 bits per heavy atom. The van der Waals surface area contributed by atoms with Gasteiger partial charge in [-0.2, -0.15) is 11.8 Å². The molecule has 1 aromatic rings. The van der Waals surface area contributed by atoms with E-state index < -0.39 is 15.2 Å². The molecule has 4 nitrogen and oxygen atoms in total. The number of para-hydroxylation sites is 1. The first kappa shape index (κ1) is 14.8. The van der Waals surface area contributed by atoms with Gasteiger partial charge in [-0.25, -0.2) is 8.42 Å². The minimum Gasteiger partial charge on any atom is -0.397 e. The first-order chi connectivity index (χ1) is 8.97. The number of halogens is 1. The van der Waals surface area contributed by atoms with Crippen LogP contribution in [0.25, 0.3) is 0 Å². The fraction of sp³-hybridized carbons (Fsp3) is 0.500. The summed E-state index contributed by atoms with van der Waals surface area (Å²) in [6.07, 6.45) is 0. The van der Waals surface area contributed by atoms with Crippen LogP contribution in [0.1, 0.15) is 6.92 Å². The predicted molar refractivity (Wildman–Crippen MR) is 83.8 cm³/mol. The van der Waals surface area contributed by atoms with Crippen LogP contribution < -0.4 is 10.6 Å². The molecule has 0 spiro atoms. The summed E-state index contributed by atoms with van der Waals surface area (Å²) in [6, 6.07) is 5.26. The van der Waals surface area contributed by atoms with Crippen LogP contribution in [0.4, 0.5) is 11.4 Å². The van der Waals surface area contributed by atoms with E-state index in [2.05, 4.69) is 0 Å². The van der Waals surface area contributed by atoms with Crippen LogP contribution in [0.15, 0.2) is 18.2 Å². The SMILES string of the molecule is CCS(=O)(=O)C1CSCCN1c1c(N)cccc1Cl. The molecule has 1 aliphatic heterocycles. The van der Waals surface area contributed by atoms with Crippen LogP contribution in [-0.2, 0) is 9.84 Å². The number of nitrogens with two attached hydrogens (primary N) is 1. The molecule has 0 aliphatic carbocycles. The highest BCUT2D eigenvalue weighted by molar-refractivity contribution is 8.01. The fourth-order valence-electron chi connectivity index (χ4n) is 2.16. The van der Waals surface area contributed by atoms with Crippen molar-refractivity contribution in [1.82, 2.24) is 0 Å². The third kappa shape index (κ3) is 2.95. The number of sulfone groups is 1. The van der Waals surface area contributed by atoms with Gasteiger partial charge in [-0.1, -0.05) is 24.6 Å². The molecule has 1 saturated heterocycles. The summed E-state index contributed by atoms with van der Waals surface area (Å²) < 4.78 is 24.4. The highest BCUT2D eigenvalue weighted by atomic mass is 35.5. The number of nitrogens with zero attached hydrogens (tertiary/aromatic N) is 1. The fourth-order valence-corrected chi connectivity index (χ4v) is 5.43. The summed E-state index contributed by atoms with van der Waals surface area (Å²) in [5.74, 6) is 1.56. The van der Waals surface area contributed by atoms with Crippen molar-refractivity contribution in [2.45, 2.75) is 12.3 Å². The summed E-state index contributed by atoms with van der Waals surface area (Å²) in [7, 11) is -3.16. The van der Waals surface area contributed by atoms with Gasteiger partial charge in [0.1, 0.15) is 5.37 Å². The molecule has 1 aromatic carbocycles. The highest BCUT2D eigenvalue weighted by Crippen LogP contribution is 2.36. The lowest BCUT2D eigenvalue weighted by atomic mass is 10.2. The Bertz CT molecular complexity index is 543. The van der Waals surface area contributed by atoms with E-state index in [9.17, 15) is 8.42 Å². The zero-order valence-electron chi connectivity index (χ0n) is 10.7. The Hall–Kier alpha value is -0.590. The molecule has 1 aliphatic rings. The summed E-state index contributed by atoms with van der Waals surface area (Å²) in [4.78, 5) is 1.84. The number of thioether (sulfide) groups is 1. The minimum atomic E-state index is -3.16. The normalized spacial score (nSPS) is 20.5. The number of rotatable bonds is 3. The third-order valence-corrected chi connectivity index (χ3v) is 6.80. The molecule has 1 fully saturated rings. The molecule has 19 heavy (non-hydrogen) atoms. The second-order valence-corrected chi connectivity index (χ2v) is 8.36. The van der Waals surface area contributed by atoms with Crippen LogP contribution in [0, 0.1) is 0 Å². The second-order valence-electron chi connectivity index (χ2n) is 4.35. The van der Waals surface area contributed by atoms with Gasteiger partial charge >= 0.3 is 0 Å². The van der Waals surface area contributed by atoms with Crippen LogP contribution >= 0.6 is 23.4 Å². The topological polar surface area (TPSA) is 63.4 Å². The summed E-state index contributed by atoms with van der Waals surface area (Å²) in [5, 5.41) is -0.0401. The summed E-state index contributed by atoms with van der Waals surface area (Å²) in [5.41, 5.74) is 7.14. The molecule has 0 amide bonds. The lowest BCUT2D eigenvalue weighted by Gasteiger charge is -2.37. The molecular formula is C12H17ClN2O2S2. The van der Waals surface area contributed by atoms with Gasteiger partial charge in [0.25, 0.3) is 0 Å². The Labute approximate surface area is 123 Å². The molecule has 2 N–H and O–H groups in total. The second kappa shape index (κ2) is 5.81. The number of hydrogen-bond donors (Lipinski definition) is 1. The maximum absolute atomic E-state index is 12.2. The van der Waals surface area contributed by atoms with Crippen LogP contribution in [0.2, 0.25) is 5.02 Å². The van der Waals surface area contributed by atoms with Gasteiger partial charge in [0.15, 0.2) is 9.84 Å². The van der Waals surface area contributed by atoms with E-state index in [4.69, 9.17) is 17.3 Å². The van der Waals surface area contributed by atoms with E-state index in [1.807, 2.05) is 4.90 Å². The van der Waals surface area contributed by atoms with E-state index in [1.54, 1.807) is 36.9 Å². The van der Waals surface area contributed by atoms with Crippen LogP contribution in [0.3, 0.4) is 0 Å². The van der Waals surface area contributed by atoms with Gasteiger partial charge in [0.05, 0.1) is 16.4 Å². The van der Waals surface area contributed by atoms with E-state index in [-0.39, 0.29) is 5.75 Å². The molecule has 0 bridgehead atoms. The van der Waals surface area contributed by atoms with Gasteiger partial charge in [0.2, 0.25) is 0 Å². The van der Waals surface area contributed by atoms with Crippen molar-refractivity contribution in [3.05, 3.63) is 23.2 Å². The Balaban J connectivity index is 2.46. The van der Waals surface area contributed by atoms with Crippen molar-refractivity contribution in [1.29, 1.82) is 0 Å². The minimum absolute atomic E-state index is 0.124. The van der Waals surface area contributed by atoms with Crippen molar-refractivity contribution in [2.75, 3.05) is 34.4 Å². The Morgan fingerprint density at radius 3 is 2.89 bits per heavy atom. The molecule has 7 heteroatoms. The maximum atomic E-state index is 12.2. The van der Waals surface area contributed by atoms with Gasteiger partial charge in [-0.05, 0) is 12.1 Å². The Kier molecular flexibility index (Phi) is 4.53. The van der Waals surface area contributed by atoms with Crippen LogP contribution in [-0.4, -0.2) is 37.6 Å². The molecular weight excluding hydrogens is 304 g/mol.